The second-order valence-corrected chi connectivity index (χ2v) is 5.90. The zero-order chi connectivity index (χ0) is 13.3. The van der Waals surface area contributed by atoms with E-state index in [0.717, 1.165) is 24.2 Å². The summed E-state index contributed by atoms with van der Waals surface area (Å²) in [5, 5.41) is 13.7. The number of aryl methyl sites for hydroxylation is 1. The van der Waals surface area contributed by atoms with Gasteiger partial charge in [0.25, 0.3) is 0 Å². The van der Waals surface area contributed by atoms with Gasteiger partial charge in [-0.25, -0.2) is 0 Å². The molecule has 1 saturated heterocycles. The van der Waals surface area contributed by atoms with Crippen molar-refractivity contribution < 1.29 is 5.11 Å². The molecular weight excluding hydrogens is 224 g/mol. The Morgan fingerprint density at radius 1 is 1.39 bits per heavy atom. The van der Waals surface area contributed by atoms with Crippen LogP contribution in [0.3, 0.4) is 0 Å². The van der Waals surface area contributed by atoms with Crippen molar-refractivity contribution in [3.05, 3.63) is 28.8 Å². The molecule has 18 heavy (non-hydrogen) atoms. The lowest BCUT2D eigenvalue weighted by Gasteiger charge is -2.27. The number of phenolic OH excluding ortho intramolecular Hbond substituents is 1. The summed E-state index contributed by atoms with van der Waals surface area (Å²) in [5.74, 6) is 0.439. The van der Waals surface area contributed by atoms with Gasteiger partial charge < -0.3 is 15.3 Å². The first-order chi connectivity index (χ1) is 8.42. The molecule has 1 aliphatic rings. The number of phenols is 1. The summed E-state index contributed by atoms with van der Waals surface area (Å²) in [6.45, 7) is 6.09. The third-order valence-corrected chi connectivity index (χ3v) is 3.87. The average Bonchev–Trinajstić information content (AvgIpc) is 2.72. The topological polar surface area (TPSA) is 35.5 Å². The molecule has 1 aromatic carbocycles. The number of benzene rings is 1. The molecule has 0 amide bonds. The van der Waals surface area contributed by atoms with Crippen molar-refractivity contribution in [2.24, 2.45) is 0 Å². The molecule has 0 spiro atoms. The van der Waals surface area contributed by atoms with Gasteiger partial charge in [0, 0.05) is 17.6 Å². The average molecular weight is 248 g/mol. The molecule has 0 aromatic heterocycles. The van der Waals surface area contributed by atoms with Gasteiger partial charge in [-0.2, -0.15) is 0 Å². The molecule has 3 nitrogen and oxygen atoms in total. The van der Waals surface area contributed by atoms with Crippen LogP contribution in [0, 0.1) is 6.92 Å². The number of nitrogens with zero attached hydrogens (tertiary/aromatic N) is 1. The van der Waals surface area contributed by atoms with Crippen molar-refractivity contribution in [2.75, 3.05) is 20.6 Å². The van der Waals surface area contributed by atoms with Crippen LogP contribution < -0.4 is 5.32 Å². The number of nitrogens with one attached hydrogen (secondary N) is 1. The van der Waals surface area contributed by atoms with Gasteiger partial charge in [-0.05, 0) is 64.5 Å². The molecule has 3 heteroatoms. The van der Waals surface area contributed by atoms with E-state index in [1.165, 1.54) is 18.4 Å². The Morgan fingerprint density at radius 3 is 2.67 bits per heavy atom. The van der Waals surface area contributed by atoms with Crippen LogP contribution in [0.1, 0.15) is 36.5 Å². The number of rotatable bonds is 3. The highest BCUT2D eigenvalue weighted by Crippen LogP contribution is 2.35. The van der Waals surface area contributed by atoms with Gasteiger partial charge >= 0.3 is 0 Å². The summed E-state index contributed by atoms with van der Waals surface area (Å²) in [4.78, 5) is 2.09. The minimum absolute atomic E-state index is 0.0690. The van der Waals surface area contributed by atoms with Crippen molar-refractivity contribution in [2.45, 2.75) is 38.8 Å². The lowest BCUT2D eigenvalue weighted by molar-refractivity contribution is 0.381. The van der Waals surface area contributed by atoms with Crippen molar-refractivity contribution in [1.29, 1.82) is 0 Å². The Hall–Kier alpha value is -1.06. The molecular formula is C15H24N2O. The Balaban J connectivity index is 2.40. The van der Waals surface area contributed by atoms with E-state index < -0.39 is 0 Å². The maximum Gasteiger partial charge on any atom is 0.122 e. The quantitative estimate of drug-likeness (QED) is 0.862. The summed E-state index contributed by atoms with van der Waals surface area (Å²) in [6.07, 6.45) is 2.39. The lowest BCUT2D eigenvalue weighted by Crippen LogP contribution is -2.33. The van der Waals surface area contributed by atoms with Crippen LogP contribution in [0.15, 0.2) is 12.1 Å². The molecule has 1 atom stereocenters. The first-order valence-corrected chi connectivity index (χ1v) is 6.65. The van der Waals surface area contributed by atoms with E-state index in [2.05, 4.69) is 29.3 Å². The fourth-order valence-electron chi connectivity index (χ4n) is 2.77. The van der Waals surface area contributed by atoms with Gasteiger partial charge in [-0.3, -0.25) is 0 Å². The third-order valence-electron chi connectivity index (χ3n) is 3.87. The van der Waals surface area contributed by atoms with Crippen molar-refractivity contribution >= 4 is 0 Å². The minimum Gasteiger partial charge on any atom is -0.507 e. The Bertz CT molecular complexity index is 434. The highest BCUT2D eigenvalue weighted by Gasteiger charge is 2.30. The highest BCUT2D eigenvalue weighted by molar-refractivity contribution is 5.45. The molecule has 1 fully saturated rings. The normalized spacial score (nSPS) is 23.8. The standard InChI is InChI=1S/C15H24N2O/c1-11-8-13(15(2)6-5-7-16-15)9-12(14(11)18)10-17(3)4/h8-9,16,18H,5-7,10H2,1-4H3. The van der Waals surface area contributed by atoms with Gasteiger partial charge in [-0.15, -0.1) is 0 Å². The number of hydrogen-bond donors (Lipinski definition) is 2. The van der Waals surface area contributed by atoms with E-state index in [0.29, 0.717) is 5.75 Å². The van der Waals surface area contributed by atoms with Crippen LogP contribution in [-0.4, -0.2) is 30.6 Å². The molecule has 1 aliphatic heterocycles. The summed E-state index contributed by atoms with van der Waals surface area (Å²) in [5.41, 5.74) is 3.36. The fourth-order valence-corrected chi connectivity index (χ4v) is 2.77. The number of hydrogen-bond acceptors (Lipinski definition) is 3. The van der Waals surface area contributed by atoms with Gasteiger partial charge in [0.1, 0.15) is 5.75 Å². The first-order valence-electron chi connectivity index (χ1n) is 6.65. The molecule has 2 rings (SSSR count). The molecule has 0 radical (unpaired) electrons. The van der Waals surface area contributed by atoms with E-state index in [-0.39, 0.29) is 5.54 Å². The van der Waals surface area contributed by atoms with E-state index >= 15 is 0 Å². The summed E-state index contributed by atoms with van der Waals surface area (Å²) >= 11 is 0. The predicted molar refractivity (Wildman–Crippen MR) is 74.8 cm³/mol. The smallest absolute Gasteiger partial charge is 0.122 e. The minimum atomic E-state index is 0.0690. The van der Waals surface area contributed by atoms with Crippen LogP contribution in [0.4, 0.5) is 0 Å². The zero-order valence-corrected chi connectivity index (χ0v) is 11.9. The van der Waals surface area contributed by atoms with Crippen molar-refractivity contribution in [3.8, 4) is 5.75 Å². The maximum absolute atomic E-state index is 10.2. The van der Waals surface area contributed by atoms with Crippen molar-refractivity contribution in [1.82, 2.24) is 10.2 Å². The highest BCUT2D eigenvalue weighted by atomic mass is 16.3. The predicted octanol–water partition coefficient (Wildman–Crippen LogP) is 2.36. The van der Waals surface area contributed by atoms with Crippen LogP contribution in [0.25, 0.3) is 0 Å². The SMILES string of the molecule is Cc1cc(C2(C)CCCN2)cc(CN(C)C)c1O. The first kappa shape index (κ1) is 13.4. The second-order valence-electron chi connectivity index (χ2n) is 5.90. The number of aromatic hydroxyl groups is 1. The third kappa shape index (κ3) is 2.52. The van der Waals surface area contributed by atoms with E-state index in [1.807, 2.05) is 21.0 Å². The van der Waals surface area contributed by atoms with Gasteiger partial charge in [0.05, 0.1) is 0 Å². The lowest BCUT2D eigenvalue weighted by atomic mass is 9.88. The second kappa shape index (κ2) is 4.90. The van der Waals surface area contributed by atoms with Crippen LogP contribution in [-0.2, 0) is 12.1 Å². The van der Waals surface area contributed by atoms with E-state index in [1.54, 1.807) is 0 Å². The van der Waals surface area contributed by atoms with Gasteiger partial charge in [0.15, 0.2) is 0 Å². The van der Waals surface area contributed by atoms with Crippen molar-refractivity contribution in [3.63, 3.8) is 0 Å². The molecule has 2 N–H and O–H groups in total. The van der Waals surface area contributed by atoms with Crippen LogP contribution in [0.5, 0.6) is 5.75 Å². The summed E-state index contributed by atoms with van der Waals surface area (Å²) in [7, 11) is 4.05. The largest absolute Gasteiger partial charge is 0.507 e. The molecule has 1 unspecified atom stereocenters. The van der Waals surface area contributed by atoms with E-state index in [9.17, 15) is 5.11 Å². The Labute approximate surface area is 110 Å². The zero-order valence-electron chi connectivity index (χ0n) is 11.9. The summed E-state index contributed by atoms with van der Waals surface area (Å²) < 4.78 is 0. The van der Waals surface area contributed by atoms with Crippen LogP contribution >= 0.6 is 0 Å². The molecule has 0 saturated carbocycles. The molecule has 0 bridgehead atoms. The molecule has 0 aliphatic carbocycles. The maximum atomic E-state index is 10.2. The monoisotopic (exact) mass is 248 g/mol. The van der Waals surface area contributed by atoms with Crippen LogP contribution in [0.2, 0.25) is 0 Å². The summed E-state index contributed by atoms with van der Waals surface area (Å²) in [6, 6.07) is 4.27. The molecule has 1 heterocycles. The Kier molecular flexibility index (Phi) is 3.64. The molecule has 1 aromatic rings. The fraction of sp³-hybridized carbons (Fsp3) is 0.600. The Morgan fingerprint density at radius 2 is 2.11 bits per heavy atom. The van der Waals surface area contributed by atoms with E-state index in [4.69, 9.17) is 0 Å². The molecule has 100 valence electrons. The van der Waals surface area contributed by atoms with Gasteiger partial charge in [0.2, 0.25) is 0 Å². The van der Waals surface area contributed by atoms with Gasteiger partial charge in [-0.1, -0.05) is 6.07 Å².